The van der Waals surface area contributed by atoms with Gasteiger partial charge in [-0.05, 0) is 49.6 Å². The van der Waals surface area contributed by atoms with E-state index in [1.807, 2.05) is 13.8 Å². The molecule has 0 radical (unpaired) electrons. The quantitative estimate of drug-likeness (QED) is 0.698. The van der Waals surface area contributed by atoms with Crippen LogP contribution in [0.1, 0.15) is 34.9 Å². The topological polar surface area (TPSA) is 64.0 Å². The average molecular weight is 418 g/mol. The molecule has 1 aliphatic heterocycles. The Morgan fingerprint density at radius 1 is 1.39 bits per heavy atom. The largest absolute Gasteiger partial charge is 0.349 e. The Morgan fingerprint density at radius 2 is 2.21 bits per heavy atom. The second kappa shape index (κ2) is 7.67. The number of nitrogens with one attached hydrogen (secondary N) is 1. The number of fused-ring (bicyclic) bond motifs is 2. The Labute approximate surface area is 170 Å². The number of thiophene rings is 1. The lowest BCUT2D eigenvalue weighted by atomic mass is 10.0. The Bertz CT molecular complexity index is 1120. The summed E-state index contributed by atoms with van der Waals surface area (Å²) in [5, 5.41) is 3.63. The first-order chi connectivity index (χ1) is 13.4. The first-order valence-corrected chi connectivity index (χ1v) is 10.9. The van der Waals surface area contributed by atoms with Crippen molar-refractivity contribution in [2.45, 2.75) is 44.2 Å². The summed E-state index contributed by atoms with van der Waals surface area (Å²) in [7, 11) is 0. The second-order valence-electron chi connectivity index (χ2n) is 6.90. The van der Waals surface area contributed by atoms with Crippen LogP contribution >= 0.6 is 23.1 Å². The number of thioether (sulfide) groups is 1. The summed E-state index contributed by atoms with van der Waals surface area (Å²) in [5.41, 5.74) is 1.67. The van der Waals surface area contributed by atoms with E-state index in [9.17, 15) is 14.0 Å². The number of halogens is 1. The number of hydrogen-bond donors (Lipinski definition) is 1. The van der Waals surface area contributed by atoms with Crippen molar-refractivity contribution >= 4 is 39.2 Å². The van der Waals surface area contributed by atoms with Gasteiger partial charge >= 0.3 is 0 Å². The molecule has 2 aromatic heterocycles. The van der Waals surface area contributed by atoms with Crippen molar-refractivity contribution in [3.63, 3.8) is 0 Å². The van der Waals surface area contributed by atoms with Gasteiger partial charge in [-0.15, -0.1) is 23.1 Å². The van der Waals surface area contributed by atoms with Gasteiger partial charge < -0.3 is 5.32 Å². The van der Waals surface area contributed by atoms with Crippen molar-refractivity contribution in [1.82, 2.24) is 14.9 Å². The summed E-state index contributed by atoms with van der Waals surface area (Å²) < 4.78 is 15.1. The van der Waals surface area contributed by atoms with Gasteiger partial charge in [-0.1, -0.05) is 0 Å². The number of rotatable bonds is 4. The second-order valence-corrected chi connectivity index (χ2v) is 9.24. The van der Waals surface area contributed by atoms with Gasteiger partial charge in [0.2, 0.25) is 5.91 Å². The average Bonchev–Trinajstić information content (AvgIpc) is 2.96. The minimum atomic E-state index is -0.298. The molecule has 1 aliphatic rings. The SMILES string of the molecule is Cc1sc2ncn(CCC(=O)NC3CCSc4ccc(F)cc43)c(=O)c2c1C. The van der Waals surface area contributed by atoms with Crippen molar-refractivity contribution < 1.29 is 9.18 Å². The molecular formula is C20H20FN3O2S2. The molecule has 0 saturated heterocycles. The number of hydrogen-bond acceptors (Lipinski definition) is 5. The molecule has 0 fully saturated rings. The molecule has 1 aromatic carbocycles. The van der Waals surface area contributed by atoms with Crippen molar-refractivity contribution in [3.05, 3.63) is 56.7 Å². The fourth-order valence-electron chi connectivity index (χ4n) is 3.43. The molecule has 8 heteroatoms. The third kappa shape index (κ3) is 3.58. The maximum Gasteiger partial charge on any atom is 0.262 e. The molecule has 0 bridgehead atoms. The summed E-state index contributed by atoms with van der Waals surface area (Å²) in [5.74, 6) is 0.422. The van der Waals surface area contributed by atoms with Crippen LogP contribution in [0.4, 0.5) is 4.39 Å². The molecule has 0 spiro atoms. The number of benzene rings is 1. The number of amides is 1. The van der Waals surface area contributed by atoms with Crippen molar-refractivity contribution in [2.75, 3.05) is 5.75 Å². The highest BCUT2D eigenvalue weighted by Gasteiger charge is 2.23. The molecule has 146 valence electrons. The first-order valence-electron chi connectivity index (χ1n) is 9.11. The lowest BCUT2D eigenvalue weighted by Gasteiger charge is -2.26. The number of carbonyl (C=O) groups excluding carboxylic acids is 1. The molecule has 0 aliphatic carbocycles. The van der Waals surface area contributed by atoms with Gasteiger partial charge in [-0.3, -0.25) is 14.2 Å². The number of aryl methyl sites for hydroxylation is 3. The van der Waals surface area contributed by atoms with Crippen LogP contribution in [0, 0.1) is 19.7 Å². The van der Waals surface area contributed by atoms with E-state index in [0.29, 0.717) is 5.39 Å². The van der Waals surface area contributed by atoms with Crippen LogP contribution in [0.3, 0.4) is 0 Å². The van der Waals surface area contributed by atoms with Crippen LogP contribution in [0.25, 0.3) is 10.2 Å². The van der Waals surface area contributed by atoms with Crippen LogP contribution in [0.5, 0.6) is 0 Å². The van der Waals surface area contributed by atoms with E-state index in [1.165, 1.54) is 34.4 Å². The van der Waals surface area contributed by atoms with E-state index >= 15 is 0 Å². The minimum Gasteiger partial charge on any atom is -0.349 e. The highest BCUT2D eigenvalue weighted by Crippen LogP contribution is 2.36. The normalized spacial score (nSPS) is 16.2. The van der Waals surface area contributed by atoms with Crippen molar-refractivity contribution in [3.8, 4) is 0 Å². The monoisotopic (exact) mass is 417 g/mol. The van der Waals surface area contributed by atoms with E-state index in [0.717, 1.165) is 37.9 Å². The van der Waals surface area contributed by atoms with Crippen LogP contribution in [-0.4, -0.2) is 21.2 Å². The van der Waals surface area contributed by atoms with Gasteiger partial charge in [0, 0.05) is 28.5 Å². The standard InChI is InChI=1S/C20H20FN3O2S2/c1-11-12(2)28-19-18(11)20(26)24(10-22-19)7-5-17(25)23-15-6-8-27-16-4-3-13(21)9-14(15)16/h3-4,9-10,15H,5-8H2,1-2H3,(H,23,25). The predicted octanol–water partition coefficient (Wildman–Crippen LogP) is 3.96. The maximum atomic E-state index is 13.6. The third-order valence-corrected chi connectivity index (χ3v) is 7.32. The summed E-state index contributed by atoms with van der Waals surface area (Å²) >= 11 is 3.18. The van der Waals surface area contributed by atoms with E-state index in [2.05, 4.69) is 10.3 Å². The maximum absolute atomic E-state index is 13.6. The Balaban J connectivity index is 1.47. The Hall–Kier alpha value is -2.19. The lowest BCUT2D eigenvalue weighted by Crippen LogP contribution is -2.32. The van der Waals surface area contributed by atoms with Gasteiger partial charge in [-0.2, -0.15) is 0 Å². The summed E-state index contributed by atoms with van der Waals surface area (Å²) in [6, 6.07) is 4.51. The van der Waals surface area contributed by atoms with Gasteiger partial charge in [0.1, 0.15) is 10.6 Å². The molecule has 1 amide bonds. The van der Waals surface area contributed by atoms with Crippen LogP contribution in [-0.2, 0) is 11.3 Å². The smallest absolute Gasteiger partial charge is 0.262 e. The van der Waals surface area contributed by atoms with Gasteiger partial charge in [0.15, 0.2) is 0 Å². The number of nitrogens with zero attached hydrogens (tertiary/aromatic N) is 2. The summed E-state index contributed by atoms with van der Waals surface area (Å²) in [6.45, 7) is 4.16. The molecule has 1 N–H and O–H groups in total. The van der Waals surface area contributed by atoms with E-state index in [-0.39, 0.29) is 36.3 Å². The molecule has 1 unspecified atom stereocenters. The molecular weight excluding hydrogens is 397 g/mol. The molecule has 1 atom stereocenters. The van der Waals surface area contributed by atoms with E-state index in [4.69, 9.17) is 0 Å². The van der Waals surface area contributed by atoms with Crippen molar-refractivity contribution in [1.29, 1.82) is 0 Å². The van der Waals surface area contributed by atoms with Crippen LogP contribution in [0.15, 0.2) is 34.2 Å². The van der Waals surface area contributed by atoms with E-state index in [1.54, 1.807) is 17.8 Å². The first kappa shape index (κ1) is 19.1. The van der Waals surface area contributed by atoms with Crippen LogP contribution < -0.4 is 10.9 Å². The van der Waals surface area contributed by atoms with Crippen molar-refractivity contribution in [2.24, 2.45) is 0 Å². The van der Waals surface area contributed by atoms with E-state index < -0.39 is 0 Å². The summed E-state index contributed by atoms with van der Waals surface area (Å²) in [6.07, 6.45) is 2.44. The lowest BCUT2D eigenvalue weighted by molar-refractivity contribution is -0.122. The van der Waals surface area contributed by atoms with Gasteiger partial charge in [0.05, 0.1) is 17.8 Å². The molecule has 3 heterocycles. The fourth-order valence-corrected chi connectivity index (χ4v) is 5.53. The number of carbonyl (C=O) groups is 1. The molecule has 0 saturated carbocycles. The van der Waals surface area contributed by atoms with Gasteiger partial charge in [-0.25, -0.2) is 9.37 Å². The zero-order valence-electron chi connectivity index (χ0n) is 15.6. The molecule has 28 heavy (non-hydrogen) atoms. The minimum absolute atomic E-state index is 0.110. The zero-order chi connectivity index (χ0) is 19.8. The highest BCUT2D eigenvalue weighted by molar-refractivity contribution is 7.99. The Morgan fingerprint density at radius 3 is 3.04 bits per heavy atom. The zero-order valence-corrected chi connectivity index (χ0v) is 17.3. The molecule has 5 nitrogen and oxygen atoms in total. The number of aromatic nitrogens is 2. The predicted molar refractivity (Wildman–Crippen MR) is 111 cm³/mol. The fraction of sp³-hybridized carbons (Fsp3) is 0.350. The molecule has 3 aromatic rings. The Kier molecular flexibility index (Phi) is 5.25. The summed E-state index contributed by atoms with van der Waals surface area (Å²) in [4.78, 5) is 32.4. The highest BCUT2D eigenvalue weighted by atomic mass is 32.2. The van der Waals surface area contributed by atoms with Gasteiger partial charge in [0.25, 0.3) is 5.56 Å². The van der Waals surface area contributed by atoms with Crippen LogP contribution in [0.2, 0.25) is 0 Å². The molecule has 4 rings (SSSR count). The third-order valence-electron chi connectivity index (χ3n) is 5.08.